The Bertz CT molecular complexity index is 1800. The molecule has 1 aliphatic heterocycles. The van der Waals surface area contributed by atoms with Crippen LogP contribution in [0.5, 0.6) is 11.5 Å². The Morgan fingerprint density at radius 2 is 1.16 bits per heavy atom. The highest BCUT2D eigenvalue weighted by Gasteiger charge is 2.34. The van der Waals surface area contributed by atoms with Gasteiger partial charge in [0.1, 0.15) is 11.5 Å². The van der Waals surface area contributed by atoms with Crippen LogP contribution in [0, 0.1) is 0 Å². The smallest absolute Gasteiger partial charge is 0.160 e. The van der Waals surface area contributed by atoms with Crippen molar-refractivity contribution in [2.24, 2.45) is 0 Å². The summed E-state index contributed by atoms with van der Waals surface area (Å²) in [6.07, 6.45) is 0. The van der Waals surface area contributed by atoms with E-state index in [0.717, 1.165) is 44.8 Å². The molecule has 2 heterocycles. The maximum absolute atomic E-state index is 6.38. The van der Waals surface area contributed by atoms with E-state index in [1.165, 1.54) is 16.7 Å². The third kappa shape index (κ3) is 3.67. The fourth-order valence-corrected chi connectivity index (χ4v) is 5.47. The first-order chi connectivity index (χ1) is 18.6. The van der Waals surface area contributed by atoms with E-state index < -0.39 is 0 Å². The van der Waals surface area contributed by atoms with Gasteiger partial charge in [-0.15, -0.1) is 0 Å². The third-order valence-corrected chi connectivity index (χ3v) is 7.56. The Morgan fingerprint density at radius 3 is 2.00 bits per heavy atom. The van der Waals surface area contributed by atoms with Gasteiger partial charge in [-0.1, -0.05) is 117 Å². The lowest BCUT2D eigenvalue weighted by Gasteiger charge is -2.34. The molecule has 0 saturated carbocycles. The number of rotatable bonds is 3. The van der Waals surface area contributed by atoms with Crippen LogP contribution in [0.25, 0.3) is 44.7 Å². The number of hydrogen-bond donors (Lipinski definition) is 0. The molecule has 0 spiro atoms. The van der Waals surface area contributed by atoms with E-state index in [2.05, 4.69) is 105 Å². The molecular weight excluding hydrogens is 464 g/mol. The van der Waals surface area contributed by atoms with Crippen molar-refractivity contribution >= 4 is 10.9 Å². The second-order valence-corrected chi connectivity index (χ2v) is 10.3. The van der Waals surface area contributed by atoms with E-state index in [1.807, 2.05) is 30.3 Å². The van der Waals surface area contributed by atoms with Crippen LogP contribution in [0.1, 0.15) is 25.0 Å². The minimum absolute atomic E-state index is 0.154. The zero-order valence-electron chi connectivity index (χ0n) is 21.3. The molecule has 0 saturated heterocycles. The molecule has 5 aromatic carbocycles. The molecule has 0 atom stereocenters. The number of fused-ring (bicyclic) bond motifs is 3. The monoisotopic (exact) mass is 490 g/mol. The SMILES string of the molecule is CC1(C)c2ccccc2Oc2cc(-c3nc(-c4ccc(-c5ccccc5)cc4)c4ccccc4n3)ccc21. The van der Waals surface area contributed by atoms with Crippen LogP contribution in [0.3, 0.4) is 0 Å². The van der Waals surface area contributed by atoms with Gasteiger partial charge in [-0.25, -0.2) is 9.97 Å². The number of nitrogens with zero attached hydrogens (tertiary/aromatic N) is 2. The summed E-state index contributed by atoms with van der Waals surface area (Å²) in [6.45, 7) is 4.49. The van der Waals surface area contributed by atoms with Gasteiger partial charge >= 0.3 is 0 Å². The molecule has 1 aliphatic rings. The van der Waals surface area contributed by atoms with E-state index in [4.69, 9.17) is 14.7 Å². The first-order valence-electron chi connectivity index (χ1n) is 12.9. The standard InChI is InChI=1S/C35H26N2O/c1-35(2)28-13-7-9-15-31(28)38-32-22-26(20-21-29(32)35)34-36-30-14-8-6-12-27(30)33(37-34)25-18-16-24(17-19-25)23-10-4-3-5-11-23/h3-22H,1-2H3. The molecular formula is C35H26N2O. The van der Waals surface area contributed by atoms with Gasteiger partial charge in [0, 0.05) is 33.1 Å². The summed E-state index contributed by atoms with van der Waals surface area (Å²) in [5.74, 6) is 2.45. The lowest BCUT2D eigenvalue weighted by Crippen LogP contribution is -2.24. The number of benzene rings is 5. The Hall–Kier alpha value is -4.76. The summed E-state index contributed by atoms with van der Waals surface area (Å²) in [6, 6.07) is 41.9. The van der Waals surface area contributed by atoms with Crippen molar-refractivity contribution in [2.45, 2.75) is 19.3 Å². The molecule has 0 aliphatic carbocycles. The van der Waals surface area contributed by atoms with E-state index in [-0.39, 0.29) is 5.41 Å². The van der Waals surface area contributed by atoms with Gasteiger partial charge in [-0.05, 0) is 29.3 Å². The predicted molar refractivity (Wildman–Crippen MR) is 154 cm³/mol. The van der Waals surface area contributed by atoms with Crippen LogP contribution in [0.2, 0.25) is 0 Å². The Balaban J connectivity index is 1.34. The van der Waals surface area contributed by atoms with E-state index in [1.54, 1.807) is 0 Å². The molecule has 0 amide bonds. The number of hydrogen-bond acceptors (Lipinski definition) is 3. The summed E-state index contributed by atoms with van der Waals surface area (Å²) in [4.78, 5) is 10.1. The van der Waals surface area contributed by atoms with Crippen molar-refractivity contribution in [2.75, 3.05) is 0 Å². The Labute approximate surface area is 222 Å². The molecule has 0 bridgehead atoms. The summed E-state index contributed by atoms with van der Waals surface area (Å²) in [5.41, 5.74) is 8.44. The molecule has 3 nitrogen and oxygen atoms in total. The maximum Gasteiger partial charge on any atom is 0.160 e. The van der Waals surface area contributed by atoms with Crippen LogP contribution >= 0.6 is 0 Å². The number of para-hydroxylation sites is 2. The molecule has 3 heteroatoms. The lowest BCUT2D eigenvalue weighted by atomic mass is 9.75. The van der Waals surface area contributed by atoms with Gasteiger partial charge in [0.05, 0.1) is 11.2 Å². The van der Waals surface area contributed by atoms with Gasteiger partial charge < -0.3 is 4.74 Å². The largest absolute Gasteiger partial charge is 0.457 e. The van der Waals surface area contributed by atoms with Crippen molar-refractivity contribution in [3.8, 4) is 45.3 Å². The molecule has 1 aromatic heterocycles. The molecule has 6 aromatic rings. The fourth-order valence-electron chi connectivity index (χ4n) is 5.47. The summed E-state index contributed by atoms with van der Waals surface area (Å²) < 4.78 is 6.38. The van der Waals surface area contributed by atoms with Crippen molar-refractivity contribution in [1.29, 1.82) is 0 Å². The average Bonchev–Trinajstić information content (AvgIpc) is 2.97. The number of aromatic nitrogens is 2. The first kappa shape index (κ1) is 22.4. The van der Waals surface area contributed by atoms with Crippen molar-refractivity contribution < 1.29 is 4.74 Å². The van der Waals surface area contributed by atoms with Gasteiger partial charge in [0.25, 0.3) is 0 Å². The Morgan fingerprint density at radius 1 is 0.526 bits per heavy atom. The third-order valence-electron chi connectivity index (χ3n) is 7.56. The average molecular weight is 491 g/mol. The highest BCUT2D eigenvalue weighted by Crippen LogP contribution is 2.48. The first-order valence-corrected chi connectivity index (χ1v) is 12.9. The normalized spacial score (nSPS) is 13.4. The van der Waals surface area contributed by atoms with Gasteiger partial charge in [-0.3, -0.25) is 0 Å². The minimum atomic E-state index is -0.154. The zero-order chi connectivity index (χ0) is 25.7. The molecule has 0 unspecified atom stereocenters. The summed E-state index contributed by atoms with van der Waals surface area (Å²) in [7, 11) is 0. The van der Waals surface area contributed by atoms with E-state index >= 15 is 0 Å². The van der Waals surface area contributed by atoms with Crippen molar-refractivity contribution in [1.82, 2.24) is 9.97 Å². The maximum atomic E-state index is 6.38. The summed E-state index contributed by atoms with van der Waals surface area (Å²) in [5, 5.41) is 1.04. The van der Waals surface area contributed by atoms with Gasteiger partial charge in [-0.2, -0.15) is 0 Å². The minimum Gasteiger partial charge on any atom is -0.457 e. The molecule has 7 rings (SSSR count). The fraction of sp³-hybridized carbons (Fsp3) is 0.0857. The van der Waals surface area contributed by atoms with Gasteiger partial charge in [0.15, 0.2) is 5.82 Å². The Kier molecular flexibility index (Phi) is 5.12. The molecule has 0 fully saturated rings. The molecule has 182 valence electrons. The predicted octanol–water partition coefficient (Wildman–Crippen LogP) is 9.06. The molecule has 0 N–H and O–H groups in total. The van der Waals surface area contributed by atoms with Crippen LogP contribution < -0.4 is 4.74 Å². The zero-order valence-corrected chi connectivity index (χ0v) is 21.3. The van der Waals surface area contributed by atoms with E-state index in [9.17, 15) is 0 Å². The lowest BCUT2D eigenvalue weighted by molar-refractivity contribution is 0.418. The highest BCUT2D eigenvalue weighted by molar-refractivity contribution is 5.94. The van der Waals surface area contributed by atoms with Crippen molar-refractivity contribution in [3.05, 3.63) is 132 Å². The quantitative estimate of drug-likeness (QED) is 0.248. The highest BCUT2D eigenvalue weighted by atomic mass is 16.5. The van der Waals surface area contributed by atoms with Crippen LogP contribution in [0.4, 0.5) is 0 Å². The number of ether oxygens (including phenoxy) is 1. The molecule has 0 radical (unpaired) electrons. The van der Waals surface area contributed by atoms with E-state index in [0.29, 0.717) is 5.82 Å². The second-order valence-electron chi connectivity index (χ2n) is 10.3. The topological polar surface area (TPSA) is 35.0 Å². The van der Waals surface area contributed by atoms with Crippen LogP contribution in [-0.4, -0.2) is 9.97 Å². The van der Waals surface area contributed by atoms with Gasteiger partial charge in [0.2, 0.25) is 0 Å². The summed E-state index contributed by atoms with van der Waals surface area (Å²) >= 11 is 0. The molecule has 38 heavy (non-hydrogen) atoms. The second kappa shape index (κ2) is 8.67. The van der Waals surface area contributed by atoms with Crippen LogP contribution in [0.15, 0.2) is 121 Å². The van der Waals surface area contributed by atoms with Crippen molar-refractivity contribution in [3.63, 3.8) is 0 Å². The van der Waals surface area contributed by atoms with Crippen LogP contribution in [-0.2, 0) is 5.41 Å².